The van der Waals surface area contributed by atoms with Crippen LogP contribution in [0.1, 0.15) is 55.5 Å². The molecule has 1 unspecified atom stereocenters. The van der Waals surface area contributed by atoms with Crippen molar-refractivity contribution in [2.24, 2.45) is 5.92 Å². The van der Waals surface area contributed by atoms with Crippen molar-refractivity contribution in [1.82, 2.24) is 0 Å². The number of Topliss-reactive ketones (excluding diaryl/α,β-unsaturated/α-hetero) is 1. The molecule has 0 aliphatic heterocycles. The molecule has 0 bridgehead atoms. The summed E-state index contributed by atoms with van der Waals surface area (Å²) < 4.78 is 13.5. The minimum atomic E-state index is -0.617. The molecule has 0 amide bonds. The summed E-state index contributed by atoms with van der Waals surface area (Å²) in [6.07, 6.45) is 3.52. The lowest BCUT2D eigenvalue weighted by Gasteiger charge is -2.14. The second-order valence-corrected chi connectivity index (χ2v) is 4.39. The fraction of sp³-hybridized carbons (Fsp3) is 0.467. The molecule has 0 fully saturated rings. The number of unbranched alkanes of at least 4 members (excludes halogenated alkanes) is 1. The standard InChI is InChI=1S/C15H18FNO/c1-3-5-7-11(4-2)15(18)12-8-6-9-14(16)13(12)10-17/h6,8-9,11H,3-5,7H2,1-2H3. The van der Waals surface area contributed by atoms with Crippen LogP contribution in [0.15, 0.2) is 18.2 Å². The molecule has 1 aromatic rings. The summed E-state index contributed by atoms with van der Waals surface area (Å²) in [6, 6.07) is 6.02. The third-order valence-electron chi connectivity index (χ3n) is 3.16. The van der Waals surface area contributed by atoms with Crippen LogP contribution in [0.4, 0.5) is 4.39 Å². The molecule has 96 valence electrons. The quantitative estimate of drug-likeness (QED) is 0.710. The maximum atomic E-state index is 13.5. The third kappa shape index (κ3) is 3.16. The van der Waals surface area contributed by atoms with Gasteiger partial charge in [0.15, 0.2) is 5.78 Å². The largest absolute Gasteiger partial charge is 0.294 e. The molecule has 0 spiro atoms. The number of hydrogen-bond acceptors (Lipinski definition) is 2. The lowest BCUT2D eigenvalue weighted by molar-refractivity contribution is 0.0907. The topological polar surface area (TPSA) is 40.9 Å². The van der Waals surface area contributed by atoms with Gasteiger partial charge in [0.2, 0.25) is 0 Å². The predicted molar refractivity (Wildman–Crippen MR) is 68.8 cm³/mol. The Labute approximate surface area is 107 Å². The Morgan fingerprint density at radius 1 is 1.44 bits per heavy atom. The Balaban J connectivity index is 3.02. The summed E-state index contributed by atoms with van der Waals surface area (Å²) in [5, 5.41) is 8.94. The number of nitriles is 1. The van der Waals surface area contributed by atoms with Crippen molar-refractivity contribution in [2.75, 3.05) is 0 Å². The highest BCUT2D eigenvalue weighted by molar-refractivity contribution is 6.00. The van der Waals surface area contributed by atoms with Crippen LogP contribution >= 0.6 is 0 Å². The zero-order valence-electron chi connectivity index (χ0n) is 10.9. The van der Waals surface area contributed by atoms with E-state index in [1.54, 1.807) is 12.1 Å². The second kappa shape index (κ2) is 6.90. The van der Waals surface area contributed by atoms with Gasteiger partial charge < -0.3 is 0 Å². The van der Waals surface area contributed by atoms with Gasteiger partial charge in [-0.05, 0) is 25.0 Å². The van der Waals surface area contributed by atoms with Crippen LogP contribution in [0.5, 0.6) is 0 Å². The van der Waals surface area contributed by atoms with Crippen molar-refractivity contribution in [2.45, 2.75) is 39.5 Å². The zero-order chi connectivity index (χ0) is 13.5. The Kier molecular flexibility index (Phi) is 5.51. The summed E-state index contributed by atoms with van der Waals surface area (Å²) in [7, 11) is 0. The minimum absolute atomic E-state index is 0.109. The number of ketones is 1. The van der Waals surface area contributed by atoms with Crippen molar-refractivity contribution >= 4 is 5.78 Å². The van der Waals surface area contributed by atoms with Gasteiger partial charge in [0, 0.05) is 11.5 Å². The van der Waals surface area contributed by atoms with Crippen molar-refractivity contribution in [3.63, 3.8) is 0 Å². The molecule has 0 radical (unpaired) electrons. The van der Waals surface area contributed by atoms with E-state index < -0.39 is 5.82 Å². The summed E-state index contributed by atoms with van der Waals surface area (Å²) >= 11 is 0. The van der Waals surface area contributed by atoms with Gasteiger partial charge in [-0.15, -0.1) is 0 Å². The van der Waals surface area contributed by atoms with Gasteiger partial charge in [-0.2, -0.15) is 5.26 Å². The van der Waals surface area contributed by atoms with E-state index >= 15 is 0 Å². The molecule has 0 heterocycles. The maximum Gasteiger partial charge on any atom is 0.167 e. The molecule has 18 heavy (non-hydrogen) atoms. The normalized spacial score (nSPS) is 11.9. The van der Waals surface area contributed by atoms with Crippen LogP contribution in [0.2, 0.25) is 0 Å². The fourth-order valence-corrected chi connectivity index (χ4v) is 2.03. The highest BCUT2D eigenvalue weighted by Crippen LogP contribution is 2.22. The number of nitrogens with zero attached hydrogens (tertiary/aromatic N) is 1. The van der Waals surface area contributed by atoms with Gasteiger partial charge in [0.1, 0.15) is 11.9 Å². The fourth-order valence-electron chi connectivity index (χ4n) is 2.03. The van der Waals surface area contributed by atoms with E-state index in [-0.39, 0.29) is 22.8 Å². The second-order valence-electron chi connectivity index (χ2n) is 4.39. The average molecular weight is 247 g/mol. The highest BCUT2D eigenvalue weighted by atomic mass is 19.1. The van der Waals surface area contributed by atoms with E-state index in [1.165, 1.54) is 12.1 Å². The van der Waals surface area contributed by atoms with Crippen LogP contribution in [-0.2, 0) is 0 Å². The molecule has 0 aliphatic carbocycles. The Morgan fingerprint density at radius 3 is 2.72 bits per heavy atom. The number of benzene rings is 1. The van der Waals surface area contributed by atoms with E-state index in [0.29, 0.717) is 0 Å². The lowest BCUT2D eigenvalue weighted by Crippen LogP contribution is -2.16. The summed E-state index contributed by atoms with van der Waals surface area (Å²) in [5.74, 6) is -0.838. The summed E-state index contributed by atoms with van der Waals surface area (Å²) in [5.41, 5.74) is 0.0953. The van der Waals surface area contributed by atoms with Gasteiger partial charge >= 0.3 is 0 Å². The van der Waals surface area contributed by atoms with E-state index in [2.05, 4.69) is 6.92 Å². The molecular formula is C15H18FNO. The average Bonchev–Trinajstić information content (AvgIpc) is 2.39. The Morgan fingerprint density at radius 2 is 2.17 bits per heavy atom. The lowest BCUT2D eigenvalue weighted by atomic mass is 9.88. The number of hydrogen-bond donors (Lipinski definition) is 0. The minimum Gasteiger partial charge on any atom is -0.294 e. The Hall–Kier alpha value is -1.69. The van der Waals surface area contributed by atoms with Crippen molar-refractivity contribution < 1.29 is 9.18 Å². The van der Waals surface area contributed by atoms with Crippen LogP contribution in [0, 0.1) is 23.1 Å². The number of halogens is 1. The monoisotopic (exact) mass is 247 g/mol. The number of carbonyl (C=O) groups excluding carboxylic acids is 1. The number of carbonyl (C=O) groups is 1. The van der Waals surface area contributed by atoms with E-state index in [9.17, 15) is 9.18 Å². The first-order valence-electron chi connectivity index (χ1n) is 6.38. The van der Waals surface area contributed by atoms with Gasteiger partial charge in [0.05, 0.1) is 5.56 Å². The molecule has 1 aromatic carbocycles. The molecule has 0 saturated heterocycles. The summed E-state index contributed by atoms with van der Waals surface area (Å²) in [4.78, 5) is 12.3. The van der Waals surface area contributed by atoms with Gasteiger partial charge in [-0.3, -0.25) is 4.79 Å². The van der Waals surface area contributed by atoms with Crippen LogP contribution < -0.4 is 0 Å². The molecule has 3 heteroatoms. The molecule has 2 nitrogen and oxygen atoms in total. The van der Waals surface area contributed by atoms with Gasteiger partial charge in [-0.25, -0.2) is 4.39 Å². The van der Waals surface area contributed by atoms with Crippen molar-refractivity contribution in [3.8, 4) is 6.07 Å². The first-order valence-corrected chi connectivity index (χ1v) is 6.38. The smallest absolute Gasteiger partial charge is 0.167 e. The molecule has 1 rings (SSSR count). The first-order chi connectivity index (χ1) is 8.65. The van der Waals surface area contributed by atoms with E-state index in [1.807, 2.05) is 6.92 Å². The zero-order valence-corrected chi connectivity index (χ0v) is 10.9. The van der Waals surface area contributed by atoms with Gasteiger partial charge in [-0.1, -0.05) is 32.8 Å². The molecular weight excluding hydrogens is 229 g/mol. The van der Waals surface area contributed by atoms with Crippen molar-refractivity contribution in [1.29, 1.82) is 5.26 Å². The van der Waals surface area contributed by atoms with E-state index in [0.717, 1.165) is 25.7 Å². The molecule has 0 aromatic heterocycles. The molecule has 0 aliphatic rings. The highest BCUT2D eigenvalue weighted by Gasteiger charge is 2.22. The van der Waals surface area contributed by atoms with Crippen LogP contribution in [-0.4, -0.2) is 5.78 Å². The molecule has 1 atom stereocenters. The SMILES string of the molecule is CCCCC(CC)C(=O)c1cccc(F)c1C#N. The van der Waals surface area contributed by atoms with Crippen molar-refractivity contribution in [3.05, 3.63) is 35.1 Å². The third-order valence-corrected chi connectivity index (χ3v) is 3.16. The van der Waals surface area contributed by atoms with E-state index in [4.69, 9.17) is 5.26 Å². The molecule has 0 N–H and O–H groups in total. The summed E-state index contributed by atoms with van der Waals surface area (Å²) in [6.45, 7) is 4.02. The Bertz CT molecular complexity index is 462. The maximum absolute atomic E-state index is 13.5. The van der Waals surface area contributed by atoms with Gasteiger partial charge in [0.25, 0.3) is 0 Å². The van der Waals surface area contributed by atoms with Crippen LogP contribution in [0.25, 0.3) is 0 Å². The predicted octanol–water partition coefficient (Wildman–Crippen LogP) is 4.10. The van der Waals surface area contributed by atoms with Crippen LogP contribution in [0.3, 0.4) is 0 Å². The first kappa shape index (κ1) is 14.4. The molecule has 0 saturated carbocycles. The number of rotatable bonds is 6.